The zero-order valence-electron chi connectivity index (χ0n) is 11.0. The van der Waals surface area contributed by atoms with Gasteiger partial charge in [0, 0.05) is 11.9 Å². The largest absolute Gasteiger partial charge is 0.373 e. The zero-order valence-corrected chi connectivity index (χ0v) is 12.6. The molecule has 1 heterocycles. The minimum atomic E-state index is -0.468. The van der Waals surface area contributed by atoms with E-state index >= 15 is 0 Å². The summed E-state index contributed by atoms with van der Waals surface area (Å²) in [6.45, 7) is 4.73. The van der Waals surface area contributed by atoms with Crippen LogP contribution in [0.4, 0.5) is 4.39 Å². The molecule has 0 saturated carbocycles. The molecule has 2 rings (SSSR count). The van der Waals surface area contributed by atoms with Crippen LogP contribution in [0.25, 0.3) is 0 Å². The third-order valence-corrected chi connectivity index (χ3v) is 4.01. The number of amides is 1. The number of hydrogen-bond donors (Lipinski definition) is 0. The summed E-state index contributed by atoms with van der Waals surface area (Å²) < 4.78 is 19.4. The van der Waals surface area contributed by atoms with Crippen LogP contribution in [0.3, 0.4) is 0 Å². The van der Waals surface area contributed by atoms with Crippen LogP contribution in [0.5, 0.6) is 0 Å². The monoisotopic (exact) mass is 329 g/mol. The van der Waals surface area contributed by atoms with Gasteiger partial charge < -0.3 is 9.64 Å². The Bertz CT molecular complexity index is 481. The van der Waals surface area contributed by atoms with Crippen molar-refractivity contribution in [1.29, 1.82) is 0 Å². The third kappa shape index (κ3) is 3.15. The topological polar surface area (TPSA) is 29.5 Å². The van der Waals surface area contributed by atoms with E-state index in [0.29, 0.717) is 18.5 Å². The highest BCUT2D eigenvalue weighted by Gasteiger charge is 2.30. The molecule has 0 spiro atoms. The van der Waals surface area contributed by atoms with Gasteiger partial charge in [-0.3, -0.25) is 4.79 Å². The molecular formula is C14H17BrFNO2. The van der Waals surface area contributed by atoms with Crippen molar-refractivity contribution < 1.29 is 13.9 Å². The normalized spacial score (nSPS) is 23.5. The van der Waals surface area contributed by atoms with Crippen LogP contribution in [0.15, 0.2) is 18.2 Å². The van der Waals surface area contributed by atoms with E-state index < -0.39 is 5.82 Å². The van der Waals surface area contributed by atoms with Gasteiger partial charge in [0.2, 0.25) is 0 Å². The number of carbonyl (C=O) groups excluding carboxylic acids is 1. The highest BCUT2D eigenvalue weighted by Crippen LogP contribution is 2.19. The van der Waals surface area contributed by atoms with Gasteiger partial charge in [-0.2, -0.15) is 0 Å². The van der Waals surface area contributed by atoms with Crippen molar-refractivity contribution in [3.63, 3.8) is 0 Å². The predicted molar refractivity (Wildman–Crippen MR) is 75.2 cm³/mol. The Labute approximate surface area is 120 Å². The first-order valence-corrected chi connectivity index (χ1v) is 7.39. The number of ether oxygens (including phenoxy) is 1. The van der Waals surface area contributed by atoms with Crippen LogP contribution in [0.1, 0.15) is 22.8 Å². The lowest BCUT2D eigenvalue weighted by atomic mass is 10.1. The summed E-state index contributed by atoms with van der Waals surface area (Å²) in [5.74, 6) is -0.729. The van der Waals surface area contributed by atoms with Crippen LogP contribution in [-0.4, -0.2) is 41.4 Å². The highest BCUT2D eigenvalue weighted by molar-refractivity contribution is 9.09. The summed E-state index contributed by atoms with van der Waals surface area (Å²) in [7, 11) is 0. The van der Waals surface area contributed by atoms with Crippen molar-refractivity contribution in [3.05, 3.63) is 35.1 Å². The average Bonchev–Trinajstić information content (AvgIpc) is 2.41. The maximum atomic E-state index is 13.8. The summed E-state index contributed by atoms with van der Waals surface area (Å²) in [6, 6.07) is 4.57. The Morgan fingerprint density at radius 2 is 2.32 bits per heavy atom. The SMILES string of the molecule is Cc1ccc(F)c(C(=O)N2CC(CBr)OCC2C)c1. The molecule has 1 fully saturated rings. The highest BCUT2D eigenvalue weighted by atomic mass is 79.9. The molecule has 19 heavy (non-hydrogen) atoms. The number of nitrogens with zero attached hydrogens (tertiary/aromatic N) is 1. The molecule has 3 nitrogen and oxygen atoms in total. The van der Waals surface area contributed by atoms with Gasteiger partial charge in [-0.15, -0.1) is 0 Å². The fourth-order valence-corrected chi connectivity index (χ4v) is 2.54. The second-order valence-electron chi connectivity index (χ2n) is 4.90. The number of carbonyl (C=O) groups is 1. The number of morpholine rings is 1. The molecule has 1 aliphatic rings. The predicted octanol–water partition coefficient (Wildman–Crippen LogP) is 2.76. The Morgan fingerprint density at radius 1 is 1.58 bits per heavy atom. The van der Waals surface area contributed by atoms with E-state index in [0.717, 1.165) is 5.56 Å². The van der Waals surface area contributed by atoms with Crippen LogP contribution in [0.2, 0.25) is 0 Å². The standard InChI is InChI=1S/C14H17BrFNO2/c1-9-3-4-13(16)12(5-9)14(18)17-7-11(6-15)19-8-10(17)2/h3-5,10-11H,6-8H2,1-2H3. The maximum absolute atomic E-state index is 13.8. The molecule has 104 valence electrons. The molecule has 0 bridgehead atoms. The van der Waals surface area contributed by atoms with E-state index in [-0.39, 0.29) is 23.6 Å². The molecule has 1 saturated heterocycles. The molecular weight excluding hydrogens is 313 g/mol. The van der Waals surface area contributed by atoms with Crippen molar-refractivity contribution in [2.24, 2.45) is 0 Å². The number of benzene rings is 1. The Hall–Kier alpha value is -0.940. The Kier molecular flexibility index (Phi) is 4.58. The molecule has 0 radical (unpaired) electrons. The van der Waals surface area contributed by atoms with Gasteiger partial charge in [0.25, 0.3) is 5.91 Å². The Morgan fingerprint density at radius 3 is 3.00 bits per heavy atom. The number of hydrogen-bond acceptors (Lipinski definition) is 2. The number of aryl methyl sites for hydroxylation is 1. The summed E-state index contributed by atoms with van der Waals surface area (Å²) in [6.07, 6.45) is -0.0342. The lowest BCUT2D eigenvalue weighted by Gasteiger charge is -2.37. The van der Waals surface area contributed by atoms with Crippen LogP contribution in [-0.2, 0) is 4.74 Å². The maximum Gasteiger partial charge on any atom is 0.257 e. The molecule has 5 heteroatoms. The first-order valence-electron chi connectivity index (χ1n) is 6.27. The van der Waals surface area contributed by atoms with Crippen LogP contribution in [0, 0.1) is 12.7 Å². The third-order valence-electron chi connectivity index (χ3n) is 3.29. The van der Waals surface area contributed by atoms with Crippen molar-refractivity contribution in [2.75, 3.05) is 18.5 Å². The van der Waals surface area contributed by atoms with Crippen molar-refractivity contribution in [3.8, 4) is 0 Å². The van der Waals surface area contributed by atoms with E-state index in [9.17, 15) is 9.18 Å². The quantitative estimate of drug-likeness (QED) is 0.781. The van der Waals surface area contributed by atoms with Gasteiger partial charge in [0.05, 0.1) is 24.3 Å². The number of rotatable bonds is 2. The van der Waals surface area contributed by atoms with Crippen molar-refractivity contribution >= 4 is 21.8 Å². The first kappa shape index (κ1) is 14.5. The molecule has 0 aromatic heterocycles. The lowest BCUT2D eigenvalue weighted by Crippen LogP contribution is -2.51. The van der Waals surface area contributed by atoms with E-state index in [1.807, 2.05) is 13.8 Å². The fourth-order valence-electron chi connectivity index (χ4n) is 2.15. The van der Waals surface area contributed by atoms with E-state index in [1.165, 1.54) is 6.07 Å². The average molecular weight is 330 g/mol. The Balaban J connectivity index is 2.24. The molecule has 0 aliphatic carbocycles. The van der Waals surface area contributed by atoms with Crippen molar-refractivity contribution in [1.82, 2.24) is 4.90 Å². The summed E-state index contributed by atoms with van der Waals surface area (Å²) >= 11 is 3.35. The van der Waals surface area contributed by atoms with Gasteiger partial charge in [-0.1, -0.05) is 27.6 Å². The van der Waals surface area contributed by atoms with E-state index in [2.05, 4.69) is 15.9 Å². The van der Waals surface area contributed by atoms with Gasteiger partial charge in [0.1, 0.15) is 5.82 Å². The number of alkyl halides is 1. The molecule has 2 atom stereocenters. The molecule has 1 aliphatic heterocycles. The fraction of sp³-hybridized carbons (Fsp3) is 0.500. The first-order chi connectivity index (χ1) is 9.02. The van der Waals surface area contributed by atoms with Gasteiger partial charge in [-0.05, 0) is 26.0 Å². The van der Waals surface area contributed by atoms with Gasteiger partial charge >= 0.3 is 0 Å². The minimum absolute atomic E-state index is 0.0342. The second-order valence-corrected chi connectivity index (χ2v) is 5.55. The lowest BCUT2D eigenvalue weighted by molar-refractivity contribution is -0.0363. The number of halogens is 2. The molecule has 1 amide bonds. The molecule has 1 aromatic rings. The molecule has 2 unspecified atom stereocenters. The van der Waals surface area contributed by atoms with Crippen LogP contribution >= 0.6 is 15.9 Å². The van der Waals surface area contributed by atoms with Crippen molar-refractivity contribution in [2.45, 2.75) is 26.0 Å². The summed E-state index contributed by atoms with van der Waals surface area (Å²) in [5, 5.41) is 0.666. The van der Waals surface area contributed by atoms with E-state index in [4.69, 9.17) is 4.74 Å². The molecule has 0 N–H and O–H groups in total. The zero-order chi connectivity index (χ0) is 14.0. The summed E-state index contributed by atoms with van der Waals surface area (Å²) in [5.41, 5.74) is 1.02. The summed E-state index contributed by atoms with van der Waals surface area (Å²) in [4.78, 5) is 14.1. The van der Waals surface area contributed by atoms with Gasteiger partial charge in [-0.25, -0.2) is 4.39 Å². The molecule has 1 aromatic carbocycles. The van der Waals surface area contributed by atoms with E-state index in [1.54, 1.807) is 17.0 Å². The second kappa shape index (κ2) is 6.01. The van der Waals surface area contributed by atoms with Crippen LogP contribution < -0.4 is 0 Å². The van der Waals surface area contributed by atoms with Gasteiger partial charge in [0.15, 0.2) is 0 Å². The smallest absolute Gasteiger partial charge is 0.257 e. The minimum Gasteiger partial charge on any atom is -0.373 e.